The molecule has 0 radical (unpaired) electrons. The summed E-state index contributed by atoms with van der Waals surface area (Å²) in [5, 5.41) is 0. The molecule has 1 rings (SSSR count). The van der Waals surface area contributed by atoms with E-state index >= 15 is 0 Å². The first kappa shape index (κ1) is 4.60. The minimum absolute atomic E-state index is 0.592. The van der Waals surface area contributed by atoms with Crippen LogP contribution in [0.4, 0.5) is 13.2 Å². The van der Waals surface area contributed by atoms with Gasteiger partial charge in [-0.05, 0) is 34.4 Å². The normalized spacial score (nSPS) is 18.8. The van der Waals surface area contributed by atoms with Crippen molar-refractivity contribution in [2.75, 3.05) is 0 Å². The SMILES string of the molecule is [2H]c1c(C(F)(F)F)nc(Br)c(C([2H])([2H])[2H])c1[2H]. The number of halogens is 4. The molecular formula is C7H5BrF3N. The first-order valence-electron chi connectivity index (χ1n) is 5.20. The number of alkyl halides is 3. The molecule has 0 aliphatic heterocycles. The van der Waals surface area contributed by atoms with Crippen LogP contribution in [-0.2, 0) is 6.18 Å². The van der Waals surface area contributed by atoms with Crippen LogP contribution in [0.3, 0.4) is 0 Å². The van der Waals surface area contributed by atoms with Crippen LogP contribution in [-0.4, -0.2) is 4.98 Å². The highest BCUT2D eigenvalue weighted by Gasteiger charge is 2.32. The molecule has 0 bridgehead atoms. The van der Waals surface area contributed by atoms with E-state index in [2.05, 4.69) is 20.9 Å². The van der Waals surface area contributed by atoms with Crippen LogP contribution in [0.1, 0.15) is 18.1 Å². The summed E-state index contributed by atoms with van der Waals surface area (Å²) in [4.78, 5) is 3.00. The fraction of sp³-hybridized carbons (Fsp3) is 0.286. The van der Waals surface area contributed by atoms with Crippen LogP contribution < -0.4 is 0 Å². The average Bonchev–Trinajstić information content (AvgIpc) is 2.07. The highest BCUT2D eigenvalue weighted by molar-refractivity contribution is 9.10. The predicted octanol–water partition coefficient (Wildman–Crippen LogP) is 3.17. The molecule has 0 saturated carbocycles. The Morgan fingerprint density at radius 1 is 1.58 bits per heavy atom. The van der Waals surface area contributed by atoms with Gasteiger partial charge in [0.2, 0.25) is 0 Å². The summed E-state index contributed by atoms with van der Waals surface area (Å²) >= 11 is 2.59. The highest BCUT2D eigenvalue weighted by Crippen LogP contribution is 2.29. The first-order valence-corrected chi connectivity index (χ1v) is 3.50. The van der Waals surface area contributed by atoms with Gasteiger partial charge in [0.05, 0.1) is 2.74 Å². The summed E-state index contributed by atoms with van der Waals surface area (Å²) in [6.07, 6.45) is -4.90. The van der Waals surface area contributed by atoms with Crippen molar-refractivity contribution in [3.63, 3.8) is 0 Å². The lowest BCUT2D eigenvalue weighted by Crippen LogP contribution is -2.07. The summed E-state index contributed by atoms with van der Waals surface area (Å²) in [5.41, 5.74) is -2.28. The number of pyridine rings is 1. The van der Waals surface area contributed by atoms with Gasteiger partial charge in [0.15, 0.2) is 0 Å². The van der Waals surface area contributed by atoms with Gasteiger partial charge in [0.25, 0.3) is 0 Å². The largest absolute Gasteiger partial charge is 0.433 e. The van der Waals surface area contributed by atoms with Crippen molar-refractivity contribution in [1.29, 1.82) is 0 Å². The molecule has 1 aromatic rings. The van der Waals surface area contributed by atoms with Crippen molar-refractivity contribution in [2.24, 2.45) is 0 Å². The maximum atomic E-state index is 12.4. The van der Waals surface area contributed by atoms with Crippen molar-refractivity contribution in [2.45, 2.75) is 13.0 Å². The van der Waals surface area contributed by atoms with E-state index in [1.807, 2.05) is 0 Å². The molecule has 0 fully saturated rings. The summed E-state index contributed by atoms with van der Waals surface area (Å²) in [5.74, 6) is 0. The fourth-order valence-electron chi connectivity index (χ4n) is 0.490. The van der Waals surface area contributed by atoms with Gasteiger partial charge in [-0.25, -0.2) is 4.98 Å². The summed E-state index contributed by atoms with van der Waals surface area (Å²) < 4.78 is 72.2. The summed E-state index contributed by atoms with van der Waals surface area (Å²) in [7, 11) is 0. The minimum Gasteiger partial charge on any atom is -0.236 e. The second-order valence-corrected chi connectivity index (χ2v) is 2.63. The Labute approximate surface area is 82.8 Å². The molecule has 0 amide bonds. The van der Waals surface area contributed by atoms with E-state index in [4.69, 9.17) is 6.85 Å². The lowest BCUT2D eigenvalue weighted by atomic mass is 10.3. The van der Waals surface area contributed by atoms with E-state index in [-0.39, 0.29) is 0 Å². The Morgan fingerprint density at radius 2 is 2.25 bits per heavy atom. The van der Waals surface area contributed by atoms with Crippen molar-refractivity contribution < 1.29 is 20.0 Å². The Morgan fingerprint density at radius 3 is 2.75 bits per heavy atom. The van der Waals surface area contributed by atoms with E-state index < -0.39 is 41.0 Å². The molecular weight excluding hydrogens is 235 g/mol. The van der Waals surface area contributed by atoms with Gasteiger partial charge < -0.3 is 0 Å². The Kier molecular flexibility index (Phi) is 1.17. The second-order valence-electron chi connectivity index (χ2n) is 1.87. The molecule has 1 aromatic heterocycles. The van der Waals surface area contributed by atoms with Gasteiger partial charge >= 0.3 is 6.18 Å². The molecule has 0 aromatic carbocycles. The topological polar surface area (TPSA) is 12.9 Å². The molecule has 12 heavy (non-hydrogen) atoms. The number of rotatable bonds is 0. The predicted molar refractivity (Wildman–Crippen MR) is 41.7 cm³/mol. The molecule has 66 valence electrons. The van der Waals surface area contributed by atoms with E-state index in [1.54, 1.807) is 0 Å². The standard InChI is InChI=1S/C7H5BrF3N/c1-4-2-3-5(7(9,10)11)12-6(4)8/h2-3H,1H3/i1D3,2D,3D. The van der Waals surface area contributed by atoms with Crippen LogP contribution >= 0.6 is 15.9 Å². The molecule has 0 saturated heterocycles. The van der Waals surface area contributed by atoms with Gasteiger partial charge in [0, 0.05) is 4.11 Å². The first-order chi connectivity index (χ1) is 7.46. The molecule has 0 aliphatic carbocycles. The zero-order valence-corrected chi connectivity index (χ0v) is 7.05. The molecule has 0 atom stereocenters. The third-order valence-electron chi connectivity index (χ3n) is 0.991. The van der Waals surface area contributed by atoms with Crippen LogP contribution in [0.5, 0.6) is 0 Å². The van der Waals surface area contributed by atoms with Gasteiger partial charge in [-0.15, -0.1) is 0 Å². The molecule has 1 nitrogen and oxygen atoms in total. The molecule has 0 spiro atoms. The molecule has 1 heterocycles. The molecule has 0 aliphatic rings. The summed E-state index contributed by atoms with van der Waals surface area (Å²) in [6, 6.07) is -2.24. The van der Waals surface area contributed by atoms with E-state index in [9.17, 15) is 13.2 Å². The third-order valence-corrected chi connectivity index (χ3v) is 1.56. The third kappa shape index (κ3) is 1.97. The van der Waals surface area contributed by atoms with Gasteiger partial charge in [-0.1, -0.05) is 6.04 Å². The van der Waals surface area contributed by atoms with Crippen molar-refractivity contribution >= 4 is 15.9 Å². The molecule has 5 heteroatoms. The maximum absolute atomic E-state index is 12.4. The van der Waals surface area contributed by atoms with Crippen molar-refractivity contribution in [3.05, 3.63) is 27.9 Å². The Hall–Kier alpha value is -0.580. The lowest BCUT2D eigenvalue weighted by Gasteiger charge is -2.06. The van der Waals surface area contributed by atoms with Gasteiger partial charge in [0.1, 0.15) is 10.3 Å². The van der Waals surface area contributed by atoms with Gasteiger partial charge in [-0.2, -0.15) is 13.2 Å². The zero-order valence-electron chi connectivity index (χ0n) is 10.5. The van der Waals surface area contributed by atoms with E-state index in [0.717, 1.165) is 0 Å². The number of hydrogen-bond acceptors (Lipinski definition) is 1. The zero-order chi connectivity index (χ0) is 13.6. The summed E-state index contributed by atoms with van der Waals surface area (Å²) in [6.45, 7) is -2.80. The molecule has 0 N–H and O–H groups in total. The second kappa shape index (κ2) is 3.05. The minimum atomic E-state index is -4.90. The van der Waals surface area contributed by atoms with E-state index in [0.29, 0.717) is 0 Å². The van der Waals surface area contributed by atoms with Gasteiger partial charge in [-0.3, -0.25) is 0 Å². The van der Waals surface area contributed by atoms with E-state index in [1.165, 1.54) is 0 Å². The molecule has 0 unspecified atom stereocenters. The van der Waals surface area contributed by atoms with Crippen molar-refractivity contribution in [3.8, 4) is 0 Å². The quantitative estimate of drug-likeness (QED) is 0.639. The Bertz CT molecular complexity index is 456. The maximum Gasteiger partial charge on any atom is 0.433 e. The lowest BCUT2D eigenvalue weighted by molar-refractivity contribution is -0.141. The van der Waals surface area contributed by atoms with Crippen LogP contribution in [0, 0.1) is 6.85 Å². The average molecular weight is 245 g/mol. The van der Waals surface area contributed by atoms with Crippen LogP contribution in [0.15, 0.2) is 16.7 Å². The monoisotopic (exact) mass is 244 g/mol. The number of nitrogens with zero attached hydrogens (tertiary/aromatic N) is 1. The number of hydrogen-bond donors (Lipinski definition) is 0. The van der Waals surface area contributed by atoms with Crippen molar-refractivity contribution in [1.82, 2.24) is 4.98 Å². The fourth-order valence-corrected chi connectivity index (χ4v) is 0.766. The van der Waals surface area contributed by atoms with Crippen LogP contribution in [0.2, 0.25) is 0 Å². The Balaban J connectivity index is 3.60. The van der Waals surface area contributed by atoms with Crippen LogP contribution in [0.25, 0.3) is 0 Å². The highest BCUT2D eigenvalue weighted by atomic mass is 79.9. The number of aromatic nitrogens is 1. The smallest absolute Gasteiger partial charge is 0.236 e.